The third-order valence-corrected chi connectivity index (χ3v) is 4.74. The third kappa shape index (κ3) is 5.69. The monoisotopic (exact) mass is 421 g/mol. The maximum atomic E-state index is 12.5. The summed E-state index contributed by atoms with van der Waals surface area (Å²) in [7, 11) is 1.57. The molecule has 2 N–H and O–H groups in total. The Morgan fingerprint density at radius 3 is 2.42 bits per heavy atom. The second kappa shape index (κ2) is 9.88. The van der Waals surface area contributed by atoms with E-state index in [1.54, 1.807) is 31.3 Å². The molecule has 0 radical (unpaired) electrons. The molecule has 31 heavy (non-hydrogen) atoms. The maximum absolute atomic E-state index is 12.5. The number of benzene rings is 2. The van der Waals surface area contributed by atoms with Crippen LogP contribution in [0.4, 0.5) is 16.2 Å². The second-order valence-corrected chi connectivity index (χ2v) is 7.53. The van der Waals surface area contributed by atoms with Crippen LogP contribution in [0.15, 0.2) is 53.1 Å². The summed E-state index contributed by atoms with van der Waals surface area (Å²) in [4.78, 5) is 30.5. The Hall–Kier alpha value is -3.68. The number of anilines is 2. The number of carbonyl (C=O) groups is 2. The summed E-state index contributed by atoms with van der Waals surface area (Å²) in [6, 6.07) is 14.3. The first-order chi connectivity index (χ1) is 14.9. The number of carbonyl (C=O) groups excluding carboxylic acids is 2. The molecule has 0 aliphatic heterocycles. The van der Waals surface area contributed by atoms with Crippen molar-refractivity contribution in [2.45, 2.75) is 33.1 Å². The normalized spacial score (nSPS) is 10.7. The number of aromatic nitrogens is 2. The summed E-state index contributed by atoms with van der Waals surface area (Å²) >= 11 is 0. The summed E-state index contributed by atoms with van der Waals surface area (Å²) in [5.41, 5.74) is 3.17. The van der Waals surface area contributed by atoms with Gasteiger partial charge in [-0.05, 0) is 42.3 Å². The number of aryl methyl sites for hydroxylation is 1. The molecule has 0 saturated heterocycles. The topological polar surface area (TPSA) is 100 Å². The number of rotatable bonds is 7. The lowest BCUT2D eigenvalue weighted by atomic mass is 10.1. The van der Waals surface area contributed by atoms with E-state index >= 15 is 0 Å². The van der Waals surface area contributed by atoms with Gasteiger partial charge in [0.1, 0.15) is 6.54 Å². The zero-order valence-corrected chi connectivity index (χ0v) is 18.2. The van der Waals surface area contributed by atoms with E-state index in [0.717, 1.165) is 23.2 Å². The summed E-state index contributed by atoms with van der Waals surface area (Å²) in [6.07, 6.45) is 0.811. The van der Waals surface area contributed by atoms with Crippen LogP contribution >= 0.6 is 0 Å². The Bertz CT molecular complexity index is 1040. The standard InChI is InChI=1S/C23H27N5O3/c1-5-16-8-6-7-9-19(16)25-20(29)14-28(4)23(30)24-18-12-10-17(11-13-18)22-26-21(15(2)3)27-31-22/h6-13,15H,5,14H2,1-4H3,(H,24,30)(H,25,29). The molecule has 0 atom stereocenters. The Kier molecular flexibility index (Phi) is 7.02. The van der Waals surface area contributed by atoms with Gasteiger partial charge in [0.2, 0.25) is 5.91 Å². The van der Waals surface area contributed by atoms with Gasteiger partial charge in [0.25, 0.3) is 5.89 Å². The molecular weight excluding hydrogens is 394 g/mol. The van der Waals surface area contributed by atoms with E-state index in [9.17, 15) is 9.59 Å². The molecule has 0 fully saturated rings. The summed E-state index contributed by atoms with van der Waals surface area (Å²) in [5, 5.41) is 9.59. The van der Waals surface area contributed by atoms with Crippen molar-refractivity contribution in [2.75, 3.05) is 24.2 Å². The van der Waals surface area contributed by atoms with Gasteiger partial charge in [-0.1, -0.05) is 44.1 Å². The molecule has 0 aliphatic rings. The van der Waals surface area contributed by atoms with Gasteiger partial charge < -0.3 is 20.1 Å². The van der Waals surface area contributed by atoms with E-state index in [1.165, 1.54) is 4.90 Å². The van der Waals surface area contributed by atoms with E-state index in [4.69, 9.17) is 4.52 Å². The Labute approximate surface area is 181 Å². The number of nitrogens with zero attached hydrogens (tertiary/aromatic N) is 3. The average molecular weight is 422 g/mol. The molecule has 8 heteroatoms. The number of nitrogens with one attached hydrogen (secondary N) is 2. The fourth-order valence-corrected chi connectivity index (χ4v) is 2.93. The number of amides is 3. The molecule has 8 nitrogen and oxygen atoms in total. The van der Waals surface area contributed by atoms with Crippen LogP contribution in [0.2, 0.25) is 0 Å². The van der Waals surface area contributed by atoms with E-state index in [1.807, 2.05) is 45.0 Å². The molecule has 0 unspecified atom stereocenters. The molecular formula is C23H27N5O3. The van der Waals surface area contributed by atoms with E-state index < -0.39 is 0 Å². The van der Waals surface area contributed by atoms with Crippen molar-refractivity contribution in [3.63, 3.8) is 0 Å². The van der Waals surface area contributed by atoms with Crippen molar-refractivity contribution in [2.24, 2.45) is 0 Å². The SMILES string of the molecule is CCc1ccccc1NC(=O)CN(C)C(=O)Nc1ccc(-c2nc(C(C)C)no2)cc1. The van der Waals surface area contributed by atoms with Crippen molar-refractivity contribution in [3.8, 4) is 11.5 Å². The lowest BCUT2D eigenvalue weighted by Gasteiger charge is -2.18. The molecule has 2 aromatic carbocycles. The molecule has 1 aromatic heterocycles. The Balaban J connectivity index is 1.55. The minimum atomic E-state index is -0.383. The lowest BCUT2D eigenvalue weighted by Crippen LogP contribution is -2.37. The molecule has 3 aromatic rings. The highest BCUT2D eigenvalue weighted by Crippen LogP contribution is 2.22. The molecule has 0 aliphatic carbocycles. The van der Waals surface area contributed by atoms with Crippen LogP contribution in [0.3, 0.4) is 0 Å². The summed E-state index contributed by atoms with van der Waals surface area (Å²) in [5.74, 6) is 1.00. The number of likely N-dealkylation sites (N-methyl/N-ethyl adjacent to an activating group) is 1. The van der Waals surface area contributed by atoms with Gasteiger partial charge >= 0.3 is 6.03 Å². The Morgan fingerprint density at radius 2 is 1.77 bits per heavy atom. The first kappa shape index (κ1) is 22.0. The van der Waals surface area contributed by atoms with Crippen LogP contribution < -0.4 is 10.6 Å². The number of hydrogen-bond donors (Lipinski definition) is 2. The molecule has 0 saturated carbocycles. The van der Waals surface area contributed by atoms with Crippen LogP contribution in [-0.2, 0) is 11.2 Å². The largest absolute Gasteiger partial charge is 0.334 e. The van der Waals surface area contributed by atoms with Gasteiger partial charge in [0.15, 0.2) is 5.82 Å². The van der Waals surface area contributed by atoms with Crippen molar-refractivity contribution < 1.29 is 14.1 Å². The zero-order valence-electron chi connectivity index (χ0n) is 18.2. The first-order valence-corrected chi connectivity index (χ1v) is 10.2. The second-order valence-electron chi connectivity index (χ2n) is 7.53. The number of hydrogen-bond acceptors (Lipinski definition) is 5. The molecule has 0 bridgehead atoms. The highest BCUT2D eigenvalue weighted by Gasteiger charge is 2.15. The minimum Gasteiger partial charge on any atom is -0.334 e. The molecule has 3 rings (SSSR count). The van der Waals surface area contributed by atoms with Gasteiger partial charge in [-0.25, -0.2) is 4.79 Å². The number of urea groups is 1. The summed E-state index contributed by atoms with van der Waals surface area (Å²) in [6.45, 7) is 5.94. The smallest absolute Gasteiger partial charge is 0.322 e. The van der Waals surface area contributed by atoms with E-state index in [2.05, 4.69) is 20.8 Å². The molecule has 1 heterocycles. The van der Waals surface area contributed by atoms with Crippen molar-refractivity contribution in [3.05, 3.63) is 59.9 Å². The van der Waals surface area contributed by atoms with Crippen LogP contribution in [0, 0.1) is 0 Å². The fraction of sp³-hybridized carbons (Fsp3) is 0.304. The van der Waals surface area contributed by atoms with Crippen LogP contribution in [0.1, 0.15) is 38.1 Å². The number of para-hydroxylation sites is 1. The predicted octanol–water partition coefficient (Wildman–Crippen LogP) is 4.52. The van der Waals surface area contributed by atoms with Gasteiger partial charge in [0.05, 0.1) is 0 Å². The van der Waals surface area contributed by atoms with Crippen molar-refractivity contribution in [1.29, 1.82) is 0 Å². The lowest BCUT2D eigenvalue weighted by molar-refractivity contribution is -0.116. The van der Waals surface area contributed by atoms with Crippen LogP contribution in [0.5, 0.6) is 0 Å². The molecule has 0 spiro atoms. The highest BCUT2D eigenvalue weighted by atomic mass is 16.5. The van der Waals surface area contributed by atoms with Gasteiger partial charge in [-0.2, -0.15) is 4.98 Å². The predicted molar refractivity (Wildman–Crippen MR) is 120 cm³/mol. The third-order valence-electron chi connectivity index (χ3n) is 4.74. The van der Waals surface area contributed by atoms with Gasteiger partial charge in [-0.15, -0.1) is 0 Å². The average Bonchev–Trinajstić information content (AvgIpc) is 3.25. The van der Waals surface area contributed by atoms with Crippen molar-refractivity contribution in [1.82, 2.24) is 15.0 Å². The summed E-state index contributed by atoms with van der Waals surface area (Å²) < 4.78 is 5.28. The minimum absolute atomic E-state index is 0.0675. The Morgan fingerprint density at radius 1 is 1.06 bits per heavy atom. The molecule has 3 amide bonds. The highest BCUT2D eigenvalue weighted by molar-refractivity contribution is 5.97. The van der Waals surface area contributed by atoms with Gasteiger partial charge in [-0.3, -0.25) is 4.79 Å². The van der Waals surface area contributed by atoms with Crippen molar-refractivity contribution >= 4 is 23.3 Å². The zero-order chi connectivity index (χ0) is 22.4. The quantitative estimate of drug-likeness (QED) is 0.584. The van der Waals surface area contributed by atoms with Crippen LogP contribution in [-0.4, -0.2) is 40.6 Å². The maximum Gasteiger partial charge on any atom is 0.322 e. The van der Waals surface area contributed by atoms with E-state index in [-0.39, 0.29) is 24.4 Å². The fourth-order valence-electron chi connectivity index (χ4n) is 2.93. The first-order valence-electron chi connectivity index (χ1n) is 10.2. The van der Waals surface area contributed by atoms with E-state index in [0.29, 0.717) is 17.4 Å². The molecule has 162 valence electrons. The van der Waals surface area contributed by atoms with Crippen LogP contribution in [0.25, 0.3) is 11.5 Å². The van der Waals surface area contributed by atoms with Gasteiger partial charge in [0, 0.05) is 29.9 Å².